The Kier molecular flexibility index (Phi) is 3.03. The fraction of sp³-hybridized carbons (Fsp3) is 0.333. The molecule has 3 nitrogen and oxygen atoms in total. The van der Waals surface area contributed by atoms with Gasteiger partial charge in [0.15, 0.2) is 5.82 Å². The number of aromatic nitrogens is 2. The molecule has 4 heteroatoms. The number of rotatable bonds is 2. The maximum absolute atomic E-state index is 13.3. The number of benzene rings is 1. The number of fused-ring (bicyclic) bond motifs is 1. The van der Waals surface area contributed by atoms with Crippen LogP contribution in [0.3, 0.4) is 0 Å². The van der Waals surface area contributed by atoms with Gasteiger partial charge in [0.2, 0.25) is 0 Å². The second kappa shape index (κ2) is 4.70. The summed E-state index contributed by atoms with van der Waals surface area (Å²) in [5.41, 5.74) is 4.04. The van der Waals surface area contributed by atoms with Crippen LogP contribution in [-0.2, 0) is 13.1 Å². The Hall–Kier alpha value is -1.81. The lowest BCUT2D eigenvalue weighted by molar-refractivity contribution is 0.628. The van der Waals surface area contributed by atoms with Crippen molar-refractivity contribution in [3.63, 3.8) is 0 Å². The predicted octanol–water partition coefficient (Wildman–Crippen LogP) is 3.01. The molecule has 1 aliphatic heterocycles. The third kappa shape index (κ3) is 2.24. The van der Waals surface area contributed by atoms with Crippen LogP contribution in [0, 0.1) is 5.82 Å². The van der Waals surface area contributed by atoms with Gasteiger partial charge in [0.25, 0.3) is 0 Å². The van der Waals surface area contributed by atoms with Gasteiger partial charge < -0.3 is 5.32 Å². The fourth-order valence-electron chi connectivity index (χ4n) is 2.43. The first-order valence-corrected chi connectivity index (χ1v) is 6.51. The molecule has 0 spiro atoms. The van der Waals surface area contributed by atoms with Crippen LogP contribution in [0.2, 0.25) is 0 Å². The maximum Gasteiger partial charge on any atom is 0.159 e. The predicted molar refractivity (Wildman–Crippen MR) is 72.1 cm³/mol. The highest BCUT2D eigenvalue weighted by atomic mass is 19.1. The molecular weight excluding hydrogens is 241 g/mol. The lowest BCUT2D eigenvalue weighted by Gasteiger charge is -2.12. The summed E-state index contributed by atoms with van der Waals surface area (Å²) < 4.78 is 13.3. The third-order valence-corrected chi connectivity index (χ3v) is 3.35. The molecule has 1 aromatic heterocycles. The van der Waals surface area contributed by atoms with Crippen LogP contribution in [0.5, 0.6) is 0 Å². The number of nitrogens with zero attached hydrogens (tertiary/aromatic N) is 2. The Morgan fingerprint density at radius 2 is 2.05 bits per heavy atom. The molecular formula is C15H16FN3. The van der Waals surface area contributed by atoms with Crippen molar-refractivity contribution in [2.24, 2.45) is 0 Å². The molecule has 0 radical (unpaired) electrons. The van der Waals surface area contributed by atoms with Crippen LogP contribution in [-0.4, -0.2) is 9.97 Å². The molecule has 0 bridgehead atoms. The smallest absolute Gasteiger partial charge is 0.159 e. The Morgan fingerprint density at radius 1 is 1.21 bits per heavy atom. The van der Waals surface area contributed by atoms with Gasteiger partial charge in [0, 0.05) is 24.2 Å². The van der Waals surface area contributed by atoms with Gasteiger partial charge in [0.05, 0.1) is 11.4 Å². The minimum absolute atomic E-state index is 0.258. The largest absolute Gasteiger partial charge is 0.307 e. The van der Waals surface area contributed by atoms with E-state index in [1.165, 1.54) is 17.7 Å². The highest BCUT2D eigenvalue weighted by Crippen LogP contribution is 2.27. The van der Waals surface area contributed by atoms with Gasteiger partial charge >= 0.3 is 0 Å². The van der Waals surface area contributed by atoms with Crippen molar-refractivity contribution in [1.82, 2.24) is 15.3 Å². The third-order valence-electron chi connectivity index (χ3n) is 3.35. The monoisotopic (exact) mass is 257 g/mol. The van der Waals surface area contributed by atoms with Crippen LogP contribution < -0.4 is 5.32 Å². The fourth-order valence-corrected chi connectivity index (χ4v) is 2.43. The van der Waals surface area contributed by atoms with Crippen LogP contribution >= 0.6 is 0 Å². The number of halogens is 1. The van der Waals surface area contributed by atoms with E-state index in [0.717, 1.165) is 30.0 Å². The van der Waals surface area contributed by atoms with E-state index in [0.29, 0.717) is 11.7 Å². The minimum atomic E-state index is -0.258. The number of nitrogens with one attached hydrogen (secondary N) is 1. The molecule has 0 saturated carbocycles. The van der Waals surface area contributed by atoms with Crippen molar-refractivity contribution in [1.29, 1.82) is 0 Å². The van der Waals surface area contributed by atoms with Gasteiger partial charge in [-0.25, -0.2) is 14.4 Å². The van der Waals surface area contributed by atoms with Crippen LogP contribution in [0.1, 0.15) is 36.7 Å². The van der Waals surface area contributed by atoms with E-state index in [1.54, 1.807) is 6.07 Å². The molecule has 0 unspecified atom stereocenters. The number of hydrogen-bond donors (Lipinski definition) is 1. The van der Waals surface area contributed by atoms with E-state index in [-0.39, 0.29) is 5.82 Å². The summed E-state index contributed by atoms with van der Waals surface area (Å²) in [7, 11) is 0. The van der Waals surface area contributed by atoms with Crippen molar-refractivity contribution in [3.8, 4) is 11.4 Å². The van der Waals surface area contributed by atoms with E-state index >= 15 is 0 Å². The van der Waals surface area contributed by atoms with Crippen molar-refractivity contribution in [2.75, 3.05) is 0 Å². The Morgan fingerprint density at radius 3 is 2.79 bits per heavy atom. The standard InChI is InChI=1S/C15H16FN3/c1-9(2)14-12-7-17-8-13(12)18-15(19-14)10-4-3-5-11(16)6-10/h3-6,9,17H,7-8H2,1-2H3. The van der Waals surface area contributed by atoms with E-state index in [2.05, 4.69) is 29.1 Å². The van der Waals surface area contributed by atoms with E-state index in [1.807, 2.05) is 6.07 Å². The topological polar surface area (TPSA) is 37.8 Å². The van der Waals surface area contributed by atoms with Crippen molar-refractivity contribution >= 4 is 0 Å². The van der Waals surface area contributed by atoms with Gasteiger partial charge in [-0.2, -0.15) is 0 Å². The first-order chi connectivity index (χ1) is 9.15. The Bertz CT molecular complexity index is 623. The summed E-state index contributed by atoms with van der Waals surface area (Å²) in [5, 5.41) is 3.30. The summed E-state index contributed by atoms with van der Waals surface area (Å²) in [6, 6.07) is 6.45. The van der Waals surface area contributed by atoms with Gasteiger partial charge in [-0.1, -0.05) is 26.0 Å². The van der Waals surface area contributed by atoms with Gasteiger partial charge in [-0.15, -0.1) is 0 Å². The normalized spacial score (nSPS) is 13.9. The second-order valence-electron chi connectivity index (χ2n) is 5.13. The van der Waals surface area contributed by atoms with Crippen LogP contribution in [0.15, 0.2) is 24.3 Å². The maximum atomic E-state index is 13.3. The quantitative estimate of drug-likeness (QED) is 0.898. The first kappa shape index (κ1) is 12.2. The first-order valence-electron chi connectivity index (χ1n) is 6.51. The lowest BCUT2D eigenvalue weighted by Crippen LogP contribution is -2.05. The molecule has 0 saturated heterocycles. The highest BCUT2D eigenvalue weighted by molar-refractivity contribution is 5.56. The van der Waals surface area contributed by atoms with Crippen molar-refractivity contribution in [2.45, 2.75) is 32.9 Å². The average Bonchev–Trinajstić information content (AvgIpc) is 2.85. The number of hydrogen-bond acceptors (Lipinski definition) is 3. The lowest BCUT2D eigenvalue weighted by atomic mass is 10.0. The Balaban J connectivity index is 2.15. The molecule has 1 N–H and O–H groups in total. The minimum Gasteiger partial charge on any atom is -0.307 e. The SMILES string of the molecule is CC(C)c1nc(-c2cccc(F)c2)nc2c1CNC2. The molecule has 0 fully saturated rings. The zero-order chi connectivity index (χ0) is 13.4. The molecule has 0 amide bonds. The summed E-state index contributed by atoms with van der Waals surface area (Å²) >= 11 is 0. The van der Waals surface area contributed by atoms with Crippen molar-refractivity contribution < 1.29 is 4.39 Å². The van der Waals surface area contributed by atoms with Crippen LogP contribution in [0.4, 0.5) is 4.39 Å². The zero-order valence-electron chi connectivity index (χ0n) is 11.1. The molecule has 1 aliphatic rings. The van der Waals surface area contributed by atoms with E-state index < -0.39 is 0 Å². The molecule has 1 aromatic carbocycles. The summed E-state index contributed by atoms with van der Waals surface area (Å²) in [6.45, 7) is 5.83. The van der Waals surface area contributed by atoms with Gasteiger partial charge in [-0.05, 0) is 18.1 Å². The van der Waals surface area contributed by atoms with Crippen molar-refractivity contribution in [3.05, 3.63) is 47.0 Å². The molecule has 19 heavy (non-hydrogen) atoms. The zero-order valence-corrected chi connectivity index (χ0v) is 11.1. The molecule has 2 heterocycles. The average molecular weight is 257 g/mol. The molecule has 98 valence electrons. The summed E-state index contributed by atoms with van der Waals surface area (Å²) in [5.74, 6) is 0.695. The highest BCUT2D eigenvalue weighted by Gasteiger charge is 2.21. The summed E-state index contributed by atoms with van der Waals surface area (Å²) in [4.78, 5) is 9.20. The second-order valence-corrected chi connectivity index (χ2v) is 5.13. The van der Waals surface area contributed by atoms with E-state index in [4.69, 9.17) is 0 Å². The van der Waals surface area contributed by atoms with Gasteiger partial charge in [-0.3, -0.25) is 0 Å². The molecule has 0 aliphatic carbocycles. The van der Waals surface area contributed by atoms with Crippen LogP contribution in [0.25, 0.3) is 11.4 Å². The molecule has 3 rings (SSSR count). The summed E-state index contributed by atoms with van der Waals surface area (Å²) in [6.07, 6.45) is 0. The van der Waals surface area contributed by atoms with E-state index in [9.17, 15) is 4.39 Å². The molecule has 2 aromatic rings. The van der Waals surface area contributed by atoms with Gasteiger partial charge in [0.1, 0.15) is 5.82 Å². The molecule has 0 atom stereocenters. The Labute approximate surface area is 111 Å².